The molecule has 1 saturated carbocycles. The predicted octanol–water partition coefficient (Wildman–Crippen LogP) is 0.959. The van der Waals surface area contributed by atoms with E-state index >= 15 is 0 Å². The van der Waals surface area contributed by atoms with Crippen molar-refractivity contribution in [3.63, 3.8) is 0 Å². The molecule has 0 amide bonds. The van der Waals surface area contributed by atoms with Gasteiger partial charge in [0.1, 0.15) is 0 Å². The van der Waals surface area contributed by atoms with E-state index < -0.39 is 15.3 Å². The zero-order valence-corrected chi connectivity index (χ0v) is 9.58. The van der Waals surface area contributed by atoms with Gasteiger partial charge in [-0.2, -0.15) is 5.26 Å². The molecule has 0 aromatic rings. The lowest BCUT2D eigenvalue weighted by Crippen LogP contribution is -2.40. The molecule has 1 fully saturated rings. The van der Waals surface area contributed by atoms with Crippen LogP contribution < -0.4 is 0 Å². The fourth-order valence-corrected chi connectivity index (χ4v) is 2.69. The molecular formula is C9H16N2O2S. The maximum Gasteiger partial charge on any atom is 0.230 e. The molecule has 1 aliphatic rings. The van der Waals surface area contributed by atoms with Crippen LogP contribution in [0.3, 0.4) is 0 Å². The summed E-state index contributed by atoms with van der Waals surface area (Å²) in [5.74, 6) is 0.487. The molecule has 0 aromatic carbocycles. The summed E-state index contributed by atoms with van der Waals surface area (Å²) < 4.78 is 24.8. The Kier molecular flexibility index (Phi) is 3.17. The molecule has 80 valence electrons. The molecule has 1 aliphatic carbocycles. The Bertz CT molecular complexity index is 340. The van der Waals surface area contributed by atoms with Crippen molar-refractivity contribution < 1.29 is 8.42 Å². The first-order valence-electron chi connectivity index (χ1n) is 4.77. The number of hydrogen-bond donors (Lipinski definition) is 0. The molecule has 0 saturated heterocycles. The van der Waals surface area contributed by atoms with E-state index in [0.717, 1.165) is 12.8 Å². The minimum absolute atomic E-state index is 0.0239. The number of nitriles is 1. The maximum absolute atomic E-state index is 11.7. The lowest BCUT2D eigenvalue weighted by atomic mass is 10.2. The van der Waals surface area contributed by atoms with Crippen LogP contribution in [0.1, 0.15) is 26.7 Å². The van der Waals surface area contributed by atoms with Crippen molar-refractivity contribution in [1.29, 1.82) is 5.26 Å². The Morgan fingerprint density at radius 1 is 1.43 bits per heavy atom. The standard InChI is InChI=1S/C9H16N2O2S/c1-7(6-10)14(12,13)11(3)8(2)9-4-5-9/h7-9H,4-5H2,1-3H3. The third-order valence-corrected chi connectivity index (χ3v) is 5.04. The van der Waals surface area contributed by atoms with Crippen molar-refractivity contribution in [3.05, 3.63) is 0 Å². The zero-order chi connectivity index (χ0) is 10.9. The van der Waals surface area contributed by atoms with Crippen LogP contribution in [-0.4, -0.2) is 31.1 Å². The van der Waals surface area contributed by atoms with Gasteiger partial charge in [-0.1, -0.05) is 0 Å². The Morgan fingerprint density at radius 2 is 1.93 bits per heavy atom. The van der Waals surface area contributed by atoms with Crippen LogP contribution >= 0.6 is 0 Å². The quantitative estimate of drug-likeness (QED) is 0.703. The summed E-state index contributed by atoms with van der Waals surface area (Å²) in [6.45, 7) is 3.32. The first kappa shape index (κ1) is 11.5. The lowest BCUT2D eigenvalue weighted by Gasteiger charge is -2.25. The van der Waals surface area contributed by atoms with Crippen LogP contribution in [0.15, 0.2) is 0 Å². The van der Waals surface area contributed by atoms with E-state index in [9.17, 15) is 8.42 Å². The molecule has 0 aromatic heterocycles. The molecule has 0 aliphatic heterocycles. The van der Waals surface area contributed by atoms with Gasteiger partial charge in [0.05, 0.1) is 6.07 Å². The van der Waals surface area contributed by atoms with Crippen LogP contribution in [-0.2, 0) is 10.0 Å². The van der Waals surface area contributed by atoms with E-state index in [1.54, 1.807) is 13.1 Å². The smallest absolute Gasteiger partial charge is 0.211 e. The van der Waals surface area contributed by atoms with E-state index in [2.05, 4.69) is 0 Å². The summed E-state index contributed by atoms with van der Waals surface area (Å²) in [7, 11) is -1.86. The van der Waals surface area contributed by atoms with Gasteiger partial charge in [0.25, 0.3) is 0 Å². The second-order valence-corrected chi connectivity index (χ2v) is 6.22. The van der Waals surface area contributed by atoms with Crippen LogP contribution in [0.25, 0.3) is 0 Å². The molecule has 0 spiro atoms. The van der Waals surface area contributed by atoms with Gasteiger partial charge in [0, 0.05) is 13.1 Å². The normalized spacial score (nSPS) is 21.6. The van der Waals surface area contributed by atoms with Gasteiger partial charge >= 0.3 is 0 Å². The van der Waals surface area contributed by atoms with Crippen LogP contribution in [0.2, 0.25) is 0 Å². The zero-order valence-electron chi connectivity index (χ0n) is 8.77. The molecular weight excluding hydrogens is 200 g/mol. The van der Waals surface area contributed by atoms with Gasteiger partial charge in [0.2, 0.25) is 10.0 Å². The average molecular weight is 216 g/mol. The number of rotatable bonds is 4. The molecule has 0 N–H and O–H groups in total. The molecule has 4 nitrogen and oxygen atoms in total. The highest BCUT2D eigenvalue weighted by Gasteiger charge is 2.37. The number of sulfonamides is 1. The minimum Gasteiger partial charge on any atom is -0.211 e. The van der Waals surface area contributed by atoms with Crippen molar-refractivity contribution in [1.82, 2.24) is 4.31 Å². The molecule has 5 heteroatoms. The molecule has 0 bridgehead atoms. The Labute approximate surface area is 85.6 Å². The van der Waals surface area contributed by atoms with Gasteiger partial charge in [-0.25, -0.2) is 12.7 Å². The third-order valence-electron chi connectivity index (χ3n) is 2.91. The largest absolute Gasteiger partial charge is 0.230 e. The van der Waals surface area contributed by atoms with Crippen LogP contribution in [0.4, 0.5) is 0 Å². The SMILES string of the molecule is CC(C1CC1)N(C)S(=O)(=O)C(C)C#N. The highest BCUT2D eigenvalue weighted by atomic mass is 32.2. The summed E-state index contributed by atoms with van der Waals surface area (Å²) in [6.07, 6.45) is 2.20. The first-order valence-corrected chi connectivity index (χ1v) is 6.28. The molecule has 0 radical (unpaired) electrons. The van der Waals surface area contributed by atoms with E-state index in [-0.39, 0.29) is 6.04 Å². The van der Waals surface area contributed by atoms with Crippen LogP contribution in [0.5, 0.6) is 0 Å². The fraction of sp³-hybridized carbons (Fsp3) is 0.889. The molecule has 1 rings (SSSR count). The average Bonchev–Trinajstić information content (AvgIpc) is 2.97. The van der Waals surface area contributed by atoms with E-state index in [0.29, 0.717) is 5.92 Å². The van der Waals surface area contributed by atoms with Gasteiger partial charge in [0.15, 0.2) is 5.25 Å². The van der Waals surface area contributed by atoms with Gasteiger partial charge in [-0.3, -0.25) is 0 Å². The Hall–Kier alpha value is -0.600. The van der Waals surface area contributed by atoms with Gasteiger partial charge in [-0.05, 0) is 32.6 Å². The van der Waals surface area contributed by atoms with Crippen molar-refractivity contribution in [2.75, 3.05) is 7.05 Å². The van der Waals surface area contributed by atoms with E-state index in [1.165, 1.54) is 11.2 Å². The predicted molar refractivity (Wildman–Crippen MR) is 53.9 cm³/mol. The molecule has 2 atom stereocenters. The second kappa shape index (κ2) is 3.87. The van der Waals surface area contributed by atoms with E-state index in [1.807, 2.05) is 6.92 Å². The van der Waals surface area contributed by atoms with Gasteiger partial charge in [-0.15, -0.1) is 0 Å². The topological polar surface area (TPSA) is 61.2 Å². The molecule has 2 unspecified atom stereocenters. The van der Waals surface area contributed by atoms with Crippen molar-refractivity contribution in [3.8, 4) is 6.07 Å². The Balaban J connectivity index is 2.77. The third kappa shape index (κ3) is 2.07. The maximum atomic E-state index is 11.7. The molecule has 0 heterocycles. The Morgan fingerprint density at radius 3 is 2.29 bits per heavy atom. The summed E-state index contributed by atoms with van der Waals surface area (Å²) >= 11 is 0. The van der Waals surface area contributed by atoms with Crippen molar-refractivity contribution in [2.45, 2.75) is 38.0 Å². The number of hydrogen-bond acceptors (Lipinski definition) is 3. The summed E-state index contributed by atoms with van der Waals surface area (Å²) in [5, 5.41) is 7.65. The monoisotopic (exact) mass is 216 g/mol. The first-order chi connectivity index (χ1) is 6.41. The molecule has 14 heavy (non-hydrogen) atoms. The van der Waals surface area contributed by atoms with Crippen molar-refractivity contribution >= 4 is 10.0 Å². The van der Waals surface area contributed by atoms with Gasteiger partial charge < -0.3 is 0 Å². The van der Waals surface area contributed by atoms with Crippen LogP contribution in [0, 0.1) is 17.2 Å². The second-order valence-electron chi connectivity index (χ2n) is 3.91. The summed E-state index contributed by atoms with van der Waals surface area (Å²) in [5.41, 5.74) is 0. The summed E-state index contributed by atoms with van der Waals surface area (Å²) in [4.78, 5) is 0. The van der Waals surface area contributed by atoms with E-state index in [4.69, 9.17) is 5.26 Å². The highest BCUT2D eigenvalue weighted by Crippen LogP contribution is 2.35. The number of nitrogens with zero attached hydrogens (tertiary/aromatic N) is 2. The fourth-order valence-electron chi connectivity index (χ4n) is 1.42. The minimum atomic E-state index is -3.42. The highest BCUT2D eigenvalue weighted by molar-refractivity contribution is 7.89. The summed E-state index contributed by atoms with van der Waals surface area (Å²) in [6, 6.07) is 1.79. The lowest BCUT2D eigenvalue weighted by molar-refractivity contribution is 0.355. The van der Waals surface area contributed by atoms with Crippen molar-refractivity contribution in [2.24, 2.45) is 5.92 Å².